The number of furan rings is 1. The first-order valence-electron chi connectivity index (χ1n) is 9.00. The van der Waals surface area contributed by atoms with Crippen molar-refractivity contribution in [2.24, 2.45) is 5.92 Å². The lowest BCUT2D eigenvalue weighted by molar-refractivity contribution is 0.0997. The molecule has 0 spiro atoms. The molecule has 1 atom stereocenters. The van der Waals surface area contributed by atoms with Crippen molar-refractivity contribution in [2.45, 2.75) is 13.3 Å². The minimum Gasteiger partial charge on any atom is -0.459 e. The summed E-state index contributed by atoms with van der Waals surface area (Å²) in [6, 6.07) is 19.6. The van der Waals surface area contributed by atoms with Crippen LogP contribution < -0.4 is 10.2 Å². The Bertz CT molecular complexity index is 884. The summed E-state index contributed by atoms with van der Waals surface area (Å²) in [5.41, 5.74) is 3.73. The van der Waals surface area contributed by atoms with Gasteiger partial charge in [-0.1, -0.05) is 37.3 Å². The number of hydrogen-bond donors (Lipinski definition) is 1. The molecule has 1 fully saturated rings. The second-order valence-electron chi connectivity index (χ2n) is 6.87. The number of carbonyl (C=O) groups excluding carboxylic acids is 1. The van der Waals surface area contributed by atoms with Crippen molar-refractivity contribution in [1.29, 1.82) is 0 Å². The molecule has 1 unspecified atom stereocenters. The van der Waals surface area contributed by atoms with Gasteiger partial charge in [-0.2, -0.15) is 0 Å². The van der Waals surface area contributed by atoms with Crippen molar-refractivity contribution in [1.82, 2.24) is 0 Å². The monoisotopic (exact) mass is 346 g/mol. The first-order valence-corrected chi connectivity index (χ1v) is 9.00. The van der Waals surface area contributed by atoms with Gasteiger partial charge in [0.2, 0.25) is 0 Å². The Morgan fingerprint density at radius 3 is 2.54 bits per heavy atom. The van der Waals surface area contributed by atoms with Gasteiger partial charge in [-0.05, 0) is 48.2 Å². The topological polar surface area (TPSA) is 45.5 Å². The second-order valence-corrected chi connectivity index (χ2v) is 6.87. The molecule has 1 N–H and O–H groups in total. The molecule has 1 aliphatic rings. The van der Waals surface area contributed by atoms with Crippen LogP contribution in [0, 0.1) is 5.92 Å². The molecule has 2 aromatic carbocycles. The van der Waals surface area contributed by atoms with Crippen LogP contribution in [0.2, 0.25) is 0 Å². The highest BCUT2D eigenvalue weighted by Gasteiger charge is 2.19. The van der Waals surface area contributed by atoms with E-state index in [0.29, 0.717) is 5.76 Å². The van der Waals surface area contributed by atoms with Crippen molar-refractivity contribution in [3.63, 3.8) is 0 Å². The van der Waals surface area contributed by atoms with E-state index in [1.807, 2.05) is 48.5 Å². The number of hydrogen-bond acceptors (Lipinski definition) is 3. The Morgan fingerprint density at radius 1 is 1.08 bits per heavy atom. The normalized spacial score (nSPS) is 16.7. The van der Waals surface area contributed by atoms with E-state index in [0.717, 1.165) is 35.8 Å². The summed E-state index contributed by atoms with van der Waals surface area (Å²) in [6.07, 6.45) is 2.79. The smallest absolute Gasteiger partial charge is 0.292 e. The van der Waals surface area contributed by atoms with Gasteiger partial charge in [0.15, 0.2) is 5.76 Å². The lowest BCUT2D eigenvalue weighted by atomic mass is 10.1. The van der Waals surface area contributed by atoms with Crippen LogP contribution in [-0.4, -0.2) is 19.0 Å². The maximum atomic E-state index is 12.6. The molecule has 26 heavy (non-hydrogen) atoms. The summed E-state index contributed by atoms with van der Waals surface area (Å²) in [4.78, 5) is 15.0. The van der Waals surface area contributed by atoms with Crippen molar-refractivity contribution < 1.29 is 9.21 Å². The Kier molecular flexibility index (Phi) is 4.48. The van der Waals surface area contributed by atoms with Gasteiger partial charge in [0.1, 0.15) is 0 Å². The van der Waals surface area contributed by atoms with Crippen LogP contribution in [0.5, 0.6) is 0 Å². The average molecular weight is 346 g/mol. The molecule has 4 heteroatoms. The quantitative estimate of drug-likeness (QED) is 0.719. The van der Waals surface area contributed by atoms with Crippen molar-refractivity contribution in [3.8, 4) is 11.1 Å². The summed E-state index contributed by atoms with van der Waals surface area (Å²) in [5, 5.41) is 2.93. The molecular weight excluding hydrogens is 324 g/mol. The molecule has 1 aromatic heterocycles. The minimum atomic E-state index is -0.239. The van der Waals surface area contributed by atoms with Crippen molar-refractivity contribution in [3.05, 3.63) is 72.7 Å². The van der Waals surface area contributed by atoms with E-state index in [9.17, 15) is 4.79 Å². The SMILES string of the molecule is CC1CCN(c2ccc(NC(=O)c3occc3-c3ccccc3)cc2)C1. The van der Waals surface area contributed by atoms with Crippen LogP contribution in [0.15, 0.2) is 71.3 Å². The number of nitrogens with zero attached hydrogens (tertiary/aromatic N) is 1. The lowest BCUT2D eigenvalue weighted by Gasteiger charge is -2.18. The van der Waals surface area contributed by atoms with Gasteiger partial charge in [-0.15, -0.1) is 0 Å². The van der Waals surface area contributed by atoms with Crippen LogP contribution in [0.4, 0.5) is 11.4 Å². The summed E-state index contributed by atoms with van der Waals surface area (Å²) in [5.74, 6) is 0.829. The number of amides is 1. The van der Waals surface area contributed by atoms with Crippen LogP contribution in [0.3, 0.4) is 0 Å². The number of carbonyl (C=O) groups is 1. The highest BCUT2D eigenvalue weighted by Crippen LogP contribution is 2.27. The van der Waals surface area contributed by atoms with E-state index in [1.165, 1.54) is 12.1 Å². The van der Waals surface area contributed by atoms with Gasteiger partial charge in [-0.25, -0.2) is 0 Å². The van der Waals surface area contributed by atoms with E-state index in [1.54, 1.807) is 6.26 Å². The molecule has 0 saturated carbocycles. The van der Waals surface area contributed by atoms with Gasteiger partial charge in [0, 0.05) is 30.0 Å². The Labute approximate surface area is 153 Å². The fraction of sp³-hybridized carbons (Fsp3) is 0.227. The third-order valence-electron chi connectivity index (χ3n) is 4.87. The molecule has 4 nitrogen and oxygen atoms in total. The molecule has 3 aromatic rings. The third-order valence-corrected chi connectivity index (χ3v) is 4.87. The van der Waals surface area contributed by atoms with Crippen LogP contribution >= 0.6 is 0 Å². The third kappa shape index (κ3) is 3.36. The largest absolute Gasteiger partial charge is 0.459 e. The standard InChI is InChI=1S/C22H22N2O2/c1-16-11-13-24(15-16)19-9-7-18(8-10-19)23-22(25)21-20(12-14-26-21)17-5-3-2-4-6-17/h2-10,12,14,16H,11,13,15H2,1H3,(H,23,25). The second kappa shape index (κ2) is 7.08. The molecule has 0 aliphatic carbocycles. The number of benzene rings is 2. The number of nitrogens with one attached hydrogen (secondary N) is 1. The predicted molar refractivity (Wildman–Crippen MR) is 105 cm³/mol. The van der Waals surface area contributed by atoms with E-state index in [4.69, 9.17) is 4.42 Å². The number of rotatable bonds is 4. The molecule has 4 rings (SSSR count). The highest BCUT2D eigenvalue weighted by molar-refractivity contribution is 6.06. The zero-order valence-corrected chi connectivity index (χ0v) is 14.8. The van der Waals surface area contributed by atoms with E-state index in [2.05, 4.69) is 29.3 Å². The average Bonchev–Trinajstić information content (AvgIpc) is 3.32. The van der Waals surface area contributed by atoms with E-state index < -0.39 is 0 Å². The molecule has 2 heterocycles. The Morgan fingerprint density at radius 2 is 1.85 bits per heavy atom. The maximum Gasteiger partial charge on any atom is 0.292 e. The minimum absolute atomic E-state index is 0.239. The zero-order chi connectivity index (χ0) is 17.9. The molecule has 132 valence electrons. The summed E-state index contributed by atoms with van der Waals surface area (Å²) < 4.78 is 5.45. The van der Waals surface area contributed by atoms with Gasteiger partial charge in [0.05, 0.1) is 6.26 Å². The Balaban J connectivity index is 1.48. The van der Waals surface area contributed by atoms with Crippen molar-refractivity contribution >= 4 is 17.3 Å². The first kappa shape index (κ1) is 16.5. The number of anilines is 2. The van der Waals surface area contributed by atoms with Crippen LogP contribution in [-0.2, 0) is 0 Å². The summed E-state index contributed by atoms with van der Waals surface area (Å²) >= 11 is 0. The summed E-state index contributed by atoms with van der Waals surface area (Å²) in [6.45, 7) is 4.47. The fourth-order valence-corrected chi connectivity index (χ4v) is 3.44. The van der Waals surface area contributed by atoms with Crippen molar-refractivity contribution in [2.75, 3.05) is 23.3 Å². The first-order chi connectivity index (χ1) is 12.7. The highest BCUT2D eigenvalue weighted by atomic mass is 16.3. The molecular formula is C22H22N2O2. The Hall–Kier alpha value is -3.01. The molecule has 1 saturated heterocycles. The summed E-state index contributed by atoms with van der Waals surface area (Å²) in [7, 11) is 0. The van der Waals surface area contributed by atoms with Crippen LogP contribution in [0.1, 0.15) is 23.9 Å². The van der Waals surface area contributed by atoms with Gasteiger partial charge >= 0.3 is 0 Å². The van der Waals surface area contributed by atoms with Gasteiger partial charge in [-0.3, -0.25) is 4.79 Å². The zero-order valence-electron chi connectivity index (χ0n) is 14.8. The van der Waals surface area contributed by atoms with Gasteiger partial charge < -0.3 is 14.6 Å². The predicted octanol–water partition coefficient (Wildman–Crippen LogP) is 5.05. The van der Waals surface area contributed by atoms with E-state index >= 15 is 0 Å². The van der Waals surface area contributed by atoms with Crippen LogP contribution in [0.25, 0.3) is 11.1 Å². The lowest BCUT2D eigenvalue weighted by Crippen LogP contribution is -2.19. The van der Waals surface area contributed by atoms with E-state index in [-0.39, 0.29) is 5.91 Å². The van der Waals surface area contributed by atoms with Gasteiger partial charge in [0.25, 0.3) is 5.91 Å². The fourth-order valence-electron chi connectivity index (χ4n) is 3.44. The molecule has 0 radical (unpaired) electrons. The molecule has 1 amide bonds. The molecule has 1 aliphatic heterocycles. The maximum absolute atomic E-state index is 12.6. The molecule has 0 bridgehead atoms.